The second-order valence-electron chi connectivity index (χ2n) is 11.4. The predicted molar refractivity (Wildman–Crippen MR) is 177 cm³/mol. The summed E-state index contributed by atoms with van der Waals surface area (Å²) in [6, 6.07) is -2.58. The number of rotatable bonds is 22. The molecule has 0 radical (unpaired) electrons. The Morgan fingerprint density at radius 3 is 1.98 bits per heavy atom. The Labute approximate surface area is 270 Å². The van der Waals surface area contributed by atoms with E-state index in [4.69, 9.17) is 0 Å². The van der Waals surface area contributed by atoms with Crippen LogP contribution in [0.3, 0.4) is 0 Å². The highest BCUT2D eigenvalue weighted by Crippen LogP contribution is 2.28. The van der Waals surface area contributed by atoms with Gasteiger partial charge in [-0.3, -0.25) is 33.7 Å². The Bertz CT molecular complexity index is 1020. The zero-order valence-electron chi connectivity index (χ0n) is 27.0. The summed E-state index contributed by atoms with van der Waals surface area (Å²) in [6.07, 6.45) is 5.61. The molecule has 1 saturated heterocycles. The van der Waals surface area contributed by atoms with Gasteiger partial charge in [0.15, 0.2) is 7.85 Å². The number of unbranched alkanes of at least 4 members (excludes halogenated alkanes) is 4. The molecule has 1 unspecified atom stereocenters. The van der Waals surface area contributed by atoms with E-state index in [-0.39, 0.29) is 52.7 Å². The van der Waals surface area contributed by atoms with Crippen LogP contribution in [0.4, 0.5) is 0 Å². The summed E-state index contributed by atoms with van der Waals surface area (Å²) in [7, 11) is 1.58. The number of thioether (sulfide) groups is 2. The van der Waals surface area contributed by atoms with Gasteiger partial charge < -0.3 is 26.1 Å². The van der Waals surface area contributed by atoms with Gasteiger partial charge in [0.05, 0.1) is 16.8 Å². The van der Waals surface area contributed by atoms with Gasteiger partial charge in [-0.05, 0) is 63.9 Å². The van der Waals surface area contributed by atoms with Gasteiger partial charge in [-0.1, -0.05) is 26.7 Å². The van der Waals surface area contributed by atoms with E-state index in [0.717, 1.165) is 25.0 Å². The van der Waals surface area contributed by atoms with Crippen LogP contribution in [0.1, 0.15) is 92.4 Å². The number of amides is 6. The largest absolute Gasteiger partial charge is 0.345 e. The monoisotopic (exact) mass is 655 g/mol. The van der Waals surface area contributed by atoms with E-state index in [0.29, 0.717) is 38.1 Å². The molecule has 4 N–H and O–H groups in total. The summed E-state index contributed by atoms with van der Waals surface area (Å²) in [5, 5.41) is 10.5. The van der Waals surface area contributed by atoms with Crippen molar-refractivity contribution < 1.29 is 33.6 Å². The van der Waals surface area contributed by atoms with E-state index in [2.05, 4.69) is 21.3 Å². The Hall–Kier alpha value is -2.55. The highest BCUT2D eigenvalue weighted by molar-refractivity contribution is 8.01. The predicted octanol–water partition coefficient (Wildman–Crippen LogP) is 0.857. The fourth-order valence-corrected chi connectivity index (χ4v) is 6.28. The molecule has 12 nitrogen and oxygen atoms in total. The van der Waals surface area contributed by atoms with Gasteiger partial charge in [0.1, 0.15) is 18.1 Å². The standard InChI is InChI=1S/C29H50BN5O7S2/c1-18(2)44-22-16-25(38)35(29(22)42)14-10-6-9-13-24(37)32-20(4)27(40)34-21(5)28(41)33-19(3)26(39)31-17-43-15-11-7-8-12-23(30)36/h18-22H,6-17,30H2,1-5H3,(H,31,39)(H,32,37)(H,33,41)(H,34,40)/t19-,20-,21+,22?/m0/s1. The van der Waals surface area contributed by atoms with Crippen LogP contribution >= 0.6 is 23.5 Å². The van der Waals surface area contributed by atoms with Crippen molar-refractivity contribution in [1.82, 2.24) is 26.2 Å². The number of hydrogen-bond acceptors (Lipinski definition) is 9. The summed E-state index contributed by atoms with van der Waals surface area (Å²) in [5.74, 6) is -0.721. The minimum absolute atomic E-state index is 0.133. The molecule has 0 aromatic heterocycles. The summed E-state index contributed by atoms with van der Waals surface area (Å²) in [4.78, 5) is 86.5. The molecule has 248 valence electrons. The first kappa shape index (κ1) is 39.5. The van der Waals surface area contributed by atoms with E-state index in [1.54, 1.807) is 26.5 Å². The molecule has 6 amide bonds. The molecule has 0 saturated carbocycles. The topological polar surface area (TPSA) is 171 Å². The molecule has 0 spiro atoms. The minimum atomic E-state index is -0.920. The van der Waals surface area contributed by atoms with Crippen LogP contribution in [0.15, 0.2) is 0 Å². The SMILES string of the molecule is BC(=O)CCCCCSCNC(=O)[C@H](C)NC(=O)[C@@H](C)NC(=O)[C@H](C)NC(=O)CCCCCN1C(=O)CC(SC(C)C)C1=O. The third-order valence-corrected chi connectivity index (χ3v) is 9.03. The lowest BCUT2D eigenvalue weighted by molar-refractivity contribution is -0.138. The first-order valence-corrected chi connectivity index (χ1v) is 17.6. The highest BCUT2D eigenvalue weighted by atomic mass is 32.2. The lowest BCUT2D eigenvalue weighted by atomic mass is 9.97. The number of nitrogens with one attached hydrogen (secondary N) is 4. The second kappa shape index (κ2) is 21.2. The van der Waals surface area contributed by atoms with Crippen molar-refractivity contribution in [3.8, 4) is 0 Å². The lowest BCUT2D eigenvalue weighted by Gasteiger charge is -2.20. The van der Waals surface area contributed by atoms with E-state index < -0.39 is 29.9 Å². The molecule has 1 fully saturated rings. The average Bonchev–Trinajstić information content (AvgIpc) is 3.20. The zero-order chi connectivity index (χ0) is 33.2. The number of imide groups is 1. The number of carbonyl (C=O) groups is 7. The van der Waals surface area contributed by atoms with Crippen molar-refractivity contribution in [3.05, 3.63) is 0 Å². The Morgan fingerprint density at radius 1 is 0.795 bits per heavy atom. The molecule has 1 aliphatic heterocycles. The number of nitrogens with zero attached hydrogens (tertiary/aromatic N) is 1. The van der Waals surface area contributed by atoms with Gasteiger partial charge in [0.2, 0.25) is 35.4 Å². The van der Waals surface area contributed by atoms with Crippen LogP contribution in [0.2, 0.25) is 0 Å². The van der Waals surface area contributed by atoms with Gasteiger partial charge in [-0.25, -0.2) is 0 Å². The van der Waals surface area contributed by atoms with Crippen LogP contribution in [-0.4, -0.2) is 101 Å². The molecule has 0 aromatic carbocycles. The van der Waals surface area contributed by atoms with Gasteiger partial charge in [-0.15, -0.1) is 23.5 Å². The van der Waals surface area contributed by atoms with Gasteiger partial charge >= 0.3 is 0 Å². The lowest BCUT2D eigenvalue weighted by Crippen LogP contribution is -2.54. The third-order valence-electron chi connectivity index (χ3n) is 6.87. The molecule has 0 aromatic rings. The van der Waals surface area contributed by atoms with Crippen LogP contribution in [0.5, 0.6) is 0 Å². The fourth-order valence-electron chi connectivity index (χ4n) is 4.34. The van der Waals surface area contributed by atoms with Gasteiger partial charge in [0, 0.05) is 19.4 Å². The molecule has 44 heavy (non-hydrogen) atoms. The van der Waals surface area contributed by atoms with Crippen molar-refractivity contribution >= 4 is 72.5 Å². The molecule has 15 heteroatoms. The van der Waals surface area contributed by atoms with Crippen molar-refractivity contribution in [2.24, 2.45) is 0 Å². The normalized spacial score (nSPS) is 16.8. The van der Waals surface area contributed by atoms with Crippen molar-refractivity contribution in [1.29, 1.82) is 0 Å². The zero-order valence-corrected chi connectivity index (χ0v) is 28.6. The van der Waals surface area contributed by atoms with Crippen LogP contribution in [-0.2, 0) is 33.6 Å². The maximum absolute atomic E-state index is 12.5. The van der Waals surface area contributed by atoms with Crippen LogP contribution < -0.4 is 21.3 Å². The fraction of sp³-hybridized carbons (Fsp3) is 0.759. The summed E-state index contributed by atoms with van der Waals surface area (Å²) < 4.78 is 0. The van der Waals surface area contributed by atoms with Crippen LogP contribution in [0.25, 0.3) is 0 Å². The first-order valence-electron chi connectivity index (χ1n) is 15.5. The number of carbonyl (C=O) groups excluding carboxylic acids is 7. The van der Waals surface area contributed by atoms with Crippen molar-refractivity contribution in [2.45, 2.75) is 121 Å². The van der Waals surface area contributed by atoms with Crippen molar-refractivity contribution in [3.63, 3.8) is 0 Å². The number of hydrogen-bond donors (Lipinski definition) is 4. The maximum Gasteiger partial charge on any atom is 0.242 e. The summed E-state index contributed by atoms with van der Waals surface area (Å²) in [6.45, 7) is 8.90. The van der Waals surface area contributed by atoms with Gasteiger partial charge in [-0.2, -0.15) is 0 Å². The maximum atomic E-state index is 12.5. The van der Waals surface area contributed by atoms with E-state index >= 15 is 0 Å². The quantitative estimate of drug-likeness (QED) is 0.0572. The smallest absolute Gasteiger partial charge is 0.242 e. The minimum Gasteiger partial charge on any atom is -0.345 e. The molecule has 1 rings (SSSR count). The number of likely N-dealkylation sites (tertiary alicyclic amines) is 1. The Morgan fingerprint density at radius 2 is 1.36 bits per heavy atom. The average molecular weight is 656 g/mol. The first-order chi connectivity index (χ1) is 20.7. The third kappa shape index (κ3) is 16.0. The molecular formula is C29H50BN5O7S2. The second-order valence-corrected chi connectivity index (χ2v) is 14.3. The highest BCUT2D eigenvalue weighted by Gasteiger charge is 2.38. The molecule has 1 heterocycles. The molecule has 1 aliphatic rings. The molecule has 4 atom stereocenters. The molecular weight excluding hydrogens is 605 g/mol. The van der Waals surface area contributed by atoms with Crippen molar-refractivity contribution in [2.75, 3.05) is 18.2 Å². The van der Waals surface area contributed by atoms with Crippen LogP contribution in [0, 0.1) is 0 Å². The van der Waals surface area contributed by atoms with Gasteiger partial charge in [0.25, 0.3) is 0 Å². The molecule has 0 aliphatic carbocycles. The summed E-state index contributed by atoms with van der Waals surface area (Å²) in [5.41, 5.74) is 0.193. The summed E-state index contributed by atoms with van der Waals surface area (Å²) >= 11 is 3.07. The van der Waals surface area contributed by atoms with E-state index in [1.165, 1.54) is 30.5 Å². The molecule has 0 bridgehead atoms. The van der Waals surface area contributed by atoms with E-state index in [9.17, 15) is 33.6 Å². The Kier molecular flexibility index (Phi) is 19.1. The van der Waals surface area contributed by atoms with E-state index in [1.807, 2.05) is 13.8 Å². The Balaban J connectivity index is 2.23.